The number of nitrogens with one attached hydrogen (secondary N) is 2. The van der Waals surface area contributed by atoms with Gasteiger partial charge in [0, 0.05) is 25.0 Å². The SMILES string of the molecule is CC1CCCC(NCc2cc[nH]c2)C1. The summed E-state index contributed by atoms with van der Waals surface area (Å²) in [5, 5.41) is 3.63. The fourth-order valence-corrected chi connectivity index (χ4v) is 2.35. The Balaban J connectivity index is 1.75. The van der Waals surface area contributed by atoms with Gasteiger partial charge in [-0.3, -0.25) is 0 Å². The van der Waals surface area contributed by atoms with Gasteiger partial charge in [-0.25, -0.2) is 0 Å². The van der Waals surface area contributed by atoms with Crippen LogP contribution in [0.25, 0.3) is 0 Å². The molecule has 78 valence electrons. The van der Waals surface area contributed by atoms with Crippen molar-refractivity contribution >= 4 is 0 Å². The molecule has 2 N–H and O–H groups in total. The van der Waals surface area contributed by atoms with Gasteiger partial charge < -0.3 is 10.3 Å². The Kier molecular flexibility index (Phi) is 3.25. The lowest BCUT2D eigenvalue weighted by Crippen LogP contribution is -2.32. The summed E-state index contributed by atoms with van der Waals surface area (Å²) < 4.78 is 0. The molecule has 1 saturated carbocycles. The minimum absolute atomic E-state index is 0.744. The van der Waals surface area contributed by atoms with Crippen LogP contribution < -0.4 is 5.32 Å². The van der Waals surface area contributed by atoms with Crippen LogP contribution in [0.3, 0.4) is 0 Å². The number of hydrogen-bond donors (Lipinski definition) is 2. The summed E-state index contributed by atoms with van der Waals surface area (Å²) in [5.74, 6) is 0.910. The zero-order valence-corrected chi connectivity index (χ0v) is 8.92. The summed E-state index contributed by atoms with van der Waals surface area (Å²) >= 11 is 0. The van der Waals surface area contributed by atoms with E-state index in [0.717, 1.165) is 18.5 Å². The van der Waals surface area contributed by atoms with Crippen LogP contribution in [0.1, 0.15) is 38.2 Å². The Bertz CT molecular complexity index is 253. The van der Waals surface area contributed by atoms with Crippen LogP contribution in [0.5, 0.6) is 0 Å². The van der Waals surface area contributed by atoms with Crippen molar-refractivity contribution in [1.29, 1.82) is 0 Å². The van der Waals surface area contributed by atoms with Crippen LogP contribution in [-0.2, 0) is 6.54 Å². The zero-order chi connectivity index (χ0) is 9.80. The molecule has 1 aromatic heterocycles. The molecule has 2 rings (SSSR count). The first kappa shape index (κ1) is 9.78. The van der Waals surface area contributed by atoms with Crippen LogP contribution in [-0.4, -0.2) is 11.0 Å². The first-order chi connectivity index (χ1) is 6.84. The predicted octanol–water partition coefficient (Wildman–Crippen LogP) is 2.68. The van der Waals surface area contributed by atoms with Gasteiger partial charge in [-0.05, 0) is 30.4 Å². The molecular formula is C12H20N2. The smallest absolute Gasteiger partial charge is 0.0223 e. The Hall–Kier alpha value is -0.760. The molecule has 0 aromatic carbocycles. The third kappa shape index (κ3) is 2.61. The van der Waals surface area contributed by atoms with E-state index in [1.807, 2.05) is 6.20 Å². The molecule has 14 heavy (non-hydrogen) atoms. The molecule has 2 nitrogen and oxygen atoms in total. The Labute approximate surface area is 86.1 Å². The van der Waals surface area contributed by atoms with Gasteiger partial charge in [-0.15, -0.1) is 0 Å². The van der Waals surface area contributed by atoms with Crippen molar-refractivity contribution in [2.24, 2.45) is 5.92 Å². The topological polar surface area (TPSA) is 27.8 Å². The molecule has 1 aromatic rings. The number of hydrogen-bond acceptors (Lipinski definition) is 1. The third-order valence-electron chi connectivity index (χ3n) is 3.19. The molecule has 0 spiro atoms. The average Bonchev–Trinajstić information content (AvgIpc) is 2.67. The Morgan fingerprint density at radius 2 is 2.43 bits per heavy atom. The highest BCUT2D eigenvalue weighted by molar-refractivity contribution is 5.07. The summed E-state index contributed by atoms with van der Waals surface area (Å²) in [6, 6.07) is 2.88. The van der Waals surface area contributed by atoms with Crippen molar-refractivity contribution in [3.05, 3.63) is 24.0 Å². The summed E-state index contributed by atoms with van der Waals surface area (Å²) in [6.45, 7) is 3.38. The van der Waals surface area contributed by atoms with Crippen molar-refractivity contribution in [2.75, 3.05) is 0 Å². The maximum absolute atomic E-state index is 3.63. The van der Waals surface area contributed by atoms with E-state index >= 15 is 0 Å². The van der Waals surface area contributed by atoms with Gasteiger partial charge in [0.1, 0.15) is 0 Å². The number of rotatable bonds is 3. The van der Waals surface area contributed by atoms with E-state index < -0.39 is 0 Å². The van der Waals surface area contributed by atoms with Gasteiger partial charge >= 0.3 is 0 Å². The Morgan fingerprint density at radius 3 is 3.14 bits per heavy atom. The van der Waals surface area contributed by atoms with Gasteiger partial charge in [0.25, 0.3) is 0 Å². The van der Waals surface area contributed by atoms with Crippen molar-refractivity contribution in [3.63, 3.8) is 0 Å². The molecule has 0 bridgehead atoms. The predicted molar refractivity (Wildman–Crippen MR) is 59.1 cm³/mol. The minimum atomic E-state index is 0.744. The molecule has 1 aliphatic carbocycles. The molecule has 0 saturated heterocycles. The maximum atomic E-state index is 3.63. The quantitative estimate of drug-likeness (QED) is 0.757. The van der Waals surface area contributed by atoms with Crippen LogP contribution in [0.2, 0.25) is 0 Å². The number of H-pyrrole nitrogens is 1. The van der Waals surface area contributed by atoms with Crippen LogP contribution in [0, 0.1) is 5.92 Å². The average molecular weight is 192 g/mol. The van der Waals surface area contributed by atoms with Crippen LogP contribution in [0.15, 0.2) is 18.5 Å². The lowest BCUT2D eigenvalue weighted by molar-refractivity contribution is 0.300. The maximum Gasteiger partial charge on any atom is 0.0223 e. The monoisotopic (exact) mass is 192 g/mol. The number of aromatic nitrogens is 1. The lowest BCUT2D eigenvalue weighted by Gasteiger charge is -2.27. The molecule has 1 fully saturated rings. The number of aromatic amines is 1. The third-order valence-corrected chi connectivity index (χ3v) is 3.19. The first-order valence-electron chi connectivity index (χ1n) is 5.69. The second-order valence-electron chi connectivity index (χ2n) is 4.57. The molecule has 0 amide bonds. The summed E-state index contributed by atoms with van der Waals surface area (Å²) in [6.07, 6.45) is 9.58. The van der Waals surface area contributed by atoms with E-state index in [4.69, 9.17) is 0 Å². The van der Waals surface area contributed by atoms with Crippen molar-refractivity contribution < 1.29 is 0 Å². The largest absolute Gasteiger partial charge is 0.367 e. The standard InChI is InChI=1S/C12H20N2/c1-10-3-2-4-12(7-10)14-9-11-5-6-13-8-11/h5-6,8,10,12-14H,2-4,7,9H2,1H3. The second kappa shape index (κ2) is 4.65. The van der Waals surface area contributed by atoms with Crippen LogP contribution >= 0.6 is 0 Å². The normalized spacial score (nSPS) is 27.8. The van der Waals surface area contributed by atoms with E-state index in [1.54, 1.807) is 0 Å². The van der Waals surface area contributed by atoms with E-state index in [9.17, 15) is 0 Å². The van der Waals surface area contributed by atoms with Crippen molar-refractivity contribution in [1.82, 2.24) is 10.3 Å². The molecule has 1 heterocycles. The van der Waals surface area contributed by atoms with E-state index in [1.165, 1.54) is 31.2 Å². The molecule has 1 aliphatic rings. The second-order valence-corrected chi connectivity index (χ2v) is 4.57. The van der Waals surface area contributed by atoms with Gasteiger partial charge in [-0.2, -0.15) is 0 Å². The van der Waals surface area contributed by atoms with Gasteiger partial charge in [0.2, 0.25) is 0 Å². The molecular weight excluding hydrogens is 172 g/mol. The van der Waals surface area contributed by atoms with Crippen molar-refractivity contribution in [2.45, 2.75) is 45.2 Å². The molecule has 2 atom stereocenters. The van der Waals surface area contributed by atoms with Crippen LogP contribution in [0.4, 0.5) is 0 Å². The van der Waals surface area contributed by atoms with Gasteiger partial charge in [0.15, 0.2) is 0 Å². The zero-order valence-electron chi connectivity index (χ0n) is 8.92. The molecule has 0 aliphatic heterocycles. The van der Waals surface area contributed by atoms with E-state index in [-0.39, 0.29) is 0 Å². The fourth-order valence-electron chi connectivity index (χ4n) is 2.35. The van der Waals surface area contributed by atoms with E-state index in [2.05, 4.69) is 29.5 Å². The van der Waals surface area contributed by atoms with Gasteiger partial charge in [-0.1, -0.05) is 19.8 Å². The lowest BCUT2D eigenvalue weighted by atomic mass is 9.87. The highest BCUT2D eigenvalue weighted by atomic mass is 14.9. The molecule has 2 unspecified atom stereocenters. The van der Waals surface area contributed by atoms with E-state index in [0.29, 0.717) is 0 Å². The molecule has 2 heteroatoms. The van der Waals surface area contributed by atoms with Crippen molar-refractivity contribution in [3.8, 4) is 0 Å². The first-order valence-corrected chi connectivity index (χ1v) is 5.69. The minimum Gasteiger partial charge on any atom is -0.367 e. The summed E-state index contributed by atoms with van der Waals surface area (Å²) in [7, 11) is 0. The summed E-state index contributed by atoms with van der Waals surface area (Å²) in [4.78, 5) is 3.09. The van der Waals surface area contributed by atoms with Gasteiger partial charge in [0.05, 0.1) is 0 Å². The fraction of sp³-hybridized carbons (Fsp3) is 0.667. The molecule has 0 radical (unpaired) electrons. The highest BCUT2D eigenvalue weighted by Crippen LogP contribution is 2.23. The Morgan fingerprint density at radius 1 is 1.50 bits per heavy atom. The highest BCUT2D eigenvalue weighted by Gasteiger charge is 2.17. The summed E-state index contributed by atoms with van der Waals surface area (Å²) in [5.41, 5.74) is 1.36.